The number of fused-ring (bicyclic) bond motifs is 1. The van der Waals surface area contributed by atoms with Gasteiger partial charge in [0, 0.05) is 13.0 Å². The van der Waals surface area contributed by atoms with E-state index < -0.39 is 54.1 Å². The predicted molar refractivity (Wildman–Crippen MR) is 133 cm³/mol. The van der Waals surface area contributed by atoms with E-state index in [0.29, 0.717) is 22.6 Å². The molecule has 3 atom stereocenters. The molecule has 2 N–H and O–H groups in total. The lowest BCUT2D eigenvalue weighted by molar-refractivity contribution is -0.153. The Morgan fingerprint density at radius 1 is 1.14 bits per heavy atom. The first-order valence-electron chi connectivity index (χ1n) is 14.1. The summed E-state index contributed by atoms with van der Waals surface area (Å²) < 4.78 is 55.7. The highest BCUT2D eigenvalue weighted by Crippen LogP contribution is 2.35. The first-order valence-corrected chi connectivity index (χ1v) is 11.6. The molecule has 1 aliphatic rings. The van der Waals surface area contributed by atoms with Crippen molar-refractivity contribution in [1.82, 2.24) is 10.2 Å². The van der Waals surface area contributed by atoms with Crippen LogP contribution >= 0.6 is 0 Å². The molecule has 0 aromatic heterocycles. The van der Waals surface area contributed by atoms with Gasteiger partial charge >= 0.3 is 11.9 Å². The molecule has 3 rings (SSSR count). The van der Waals surface area contributed by atoms with Crippen LogP contribution in [0.25, 0.3) is 0 Å². The minimum atomic E-state index is -1.19. The Morgan fingerprint density at radius 2 is 1.78 bits per heavy atom. The van der Waals surface area contributed by atoms with E-state index in [1.165, 1.54) is 26.0 Å². The Balaban J connectivity index is 1.85. The minimum absolute atomic E-state index is 0.00991. The molecule has 1 heterocycles. The van der Waals surface area contributed by atoms with Crippen molar-refractivity contribution in [3.8, 4) is 11.5 Å². The molecule has 194 valence electrons. The maximum Gasteiger partial charge on any atom is 0.326 e. The number of benzene rings is 2. The maximum atomic E-state index is 13.6. The van der Waals surface area contributed by atoms with Crippen molar-refractivity contribution < 1.29 is 40.6 Å². The van der Waals surface area contributed by atoms with Crippen LogP contribution in [0.2, 0.25) is 0 Å². The molecular weight excluding hydrogens is 464 g/mol. The number of hydrogen-bond donors (Lipinski definition) is 2. The van der Waals surface area contributed by atoms with Gasteiger partial charge in [0.05, 0.1) is 33.7 Å². The summed E-state index contributed by atoms with van der Waals surface area (Å²) in [7, 11) is 2.95. The molecule has 3 unspecified atom stereocenters. The van der Waals surface area contributed by atoms with Gasteiger partial charge in [-0.15, -0.1) is 0 Å². The van der Waals surface area contributed by atoms with E-state index in [2.05, 4.69) is 5.32 Å². The second-order valence-electron chi connectivity index (χ2n) is 8.34. The predicted octanol–water partition coefficient (Wildman–Crippen LogP) is 2.58. The highest BCUT2D eigenvalue weighted by atomic mass is 16.5. The van der Waals surface area contributed by atoms with Gasteiger partial charge < -0.3 is 24.2 Å². The smallest absolute Gasteiger partial charge is 0.326 e. The fraction of sp³-hybridized carbons (Fsp3) is 0.444. The largest absolute Gasteiger partial charge is 0.493 e. The summed E-state index contributed by atoms with van der Waals surface area (Å²) in [5, 5.41) is 12.9. The highest BCUT2D eigenvalue weighted by molar-refractivity contribution is 5.88. The number of nitrogens with one attached hydrogen (secondary N) is 1. The van der Waals surface area contributed by atoms with Gasteiger partial charge in [-0.2, -0.15) is 0 Å². The number of carboxylic acid groups (broad SMARTS) is 1. The molecule has 0 radical (unpaired) electrons. The summed E-state index contributed by atoms with van der Waals surface area (Å²) in [6, 6.07) is -2.08. The average molecular weight is 504 g/mol. The molecule has 9 nitrogen and oxygen atoms in total. The van der Waals surface area contributed by atoms with E-state index in [-0.39, 0.29) is 50.1 Å². The van der Waals surface area contributed by atoms with Crippen LogP contribution in [0, 0.1) is 0 Å². The number of hydrogen-bond acceptors (Lipinski definition) is 7. The summed E-state index contributed by atoms with van der Waals surface area (Å²) in [5.74, 6) is -1.55. The standard InChI is InChI=1S/C27H34N2O7/c1-5-36-27(33)21(12-11-18-9-7-6-8-10-18)28-17(2)25(30)29-16-20-15-24(35-4)23(34-3)14-19(20)13-22(29)26(31)32/h6-10,14-15,17,21-22,28H,5,11-13,16H2,1-4H3,(H,31,32)/i6D,7D,8D,9D,10D. The van der Waals surface area contributed by atoms with E-state index in [0.717, 1.165) is 0 Å². The van der Waals surface area contributed by atoms with Crippen molar-refractivity contribution in [3.05, 3.63) is 59.0 Å². The van der Waals surface area contributed by atoms with Crippen molar-refractivity contribution >= 4 is 17.8 Å². The highest BCUT2D eigenvalue weighted by Gasteiger charge is 2.38. The van der Waals surface area contributed by atoms with Crippen molar-refractivity contribution in [2.24, 2.45) is 0 Å². The number of aliphatic carboxylic acids is 1. The fourth-order valence-corrected chi connectivity index (χ4v) is 4.19. The Morgan fingerprint density at radius 3 is 2.36 bits per heavy atom. The molecule has 36 heavy (non-hydrogen) atoms. The van der Waals surface area contributed by atoms with Gasteiger partial charge in [-0.05, 0) is 55.5 Å². The normalized spacial score (nSPS) is 18.4. The number of nitrogens with zero attached hydrogens (tertiary/aromatic N) is 1. The summed E-state index contributed by atoms with van der Waals surface area (Å²) in [4.78, 5) is 39.8. The van der Waals surface area contributed by atoms with Gasteiger partial charge in [0.25, 0.3) is 0 Å². The molecule has 9 heteroatoms. The SMILES string of the molecule is [2H]c1c([2H])c([2H])c(CCC(NC(C)C(=O)N2Cc3cc(OC)c(OC)cc3CC2C(=O)O)C(=O)OCC)c([2H])c1[2H]. The monoisotopic (exact) mass is 503 g/mol. The first kappa shape index (κ1) is 20.6. The number of rotatable bonds is 11. The Hall–Kier alpha value is -3.59. The third kappa shape index (κ3) is 6.34. The Labute approximate surface area is 218 Å². The first-order chi connectivity index (χ1) is 19.4. The lowest BCUT2D eigenvalue weighted by Crippen LogP contribution is -2.56. The molecule has 1 aliphatic heterocycles. The summed E-state index contributed by atoms with van der Waals surface area (Å²) >= 11 is 0. The van der Waals surface area contributed by atoms with Gasteiger partial charge in [0.15, 0.2) is 11.5 Å². The molecule has 2 aromatic carbocycles. The Kier molecular flexibility index (Phi) is 7.09. The van der Waals surface area contributed by atoms with Crippen molar-refractivity contribution in [2.75, 3.05) is 20.8 Å². The number of carbonyl (C=O) groups is 3. The van der Waals surface area contributed by atoms with Gasteiger partial charge in [-0.25, -0.2) is 4.79 Å². The summed E-state index contributed by atoms with van der Waals surface area (Å²) in [6.45, 7) is 3.17. The van der Waals surface area contributed by atoms with E-state index >= 15 is 0 Å². The van der Waals surface area contributed by atoms with Crippen LogP contribution in [-0.2, 0) is 38.5 Å². The fourth-order valence-electron chi connectivity index (χ4n) is 4.19. The second kappa shape index (κ2) is 12.4. The number of carbonyl (C=O) groups excluding carboxylic acids is 2. The van der Waals surface area contributed by atoms with Crippen LogP contribution in [0.5, 0.6) is 11.5 Å². The van der Waals surface area contributed by atoms with Gasteiger partial charge in [-0.1, -0.05) is 30.2 Å². The lowest BCUT2D eigenvalue weighted by Gasteiger charge is -2.37. The molecule has 0 saturated carbocycles. The average Bonchev–Trinajstić information content (AvgIpc) is 2.96. The minimum Gasteiger partial charge on any atom is -0.493 e. The molecular formula is C27H34N2O7. The van der Waals surface area contributed by atoms with E-state index in [1.54, 1.807) is 19.1 Å². The number of ether oxygens (including phenoxy) is 3. The molecule has 0 bridgehead atoms. The lowest BCUT2D eigenvalue weighted by atomic mass is 9.92. The molecule has 0 saturated heterocycles. The van der Waals surface area contributed by atoms with E-state index in [1.807, 2.05) is 0 Å². The summed E-state index contributed by atoms with van der Waals surface area (Å²) in [5.41, 5.74) is 1.44. The Bertz CT molecular complexity index is 1310. The molecule has 0 spiro atoms. The van der Waals surface area contributed by atoms with Crippen molar-refractivity contribution in [1.29, 1.82) is 0 Å². The zero-order valence-corrected chi connectivity index (χ0v) is 20.8. The zero-order chi connectivity index (χ0) is 30.6. The van der Waals surface area contributed by atoms with E-state index in [4.69, 9.17) is 21.1 Å². The van der Waals surface area contributed by atoms with Crippen LogP contribution in [0.15, 0.2) is 42.3 Å². The quantitative estimate of drug-likeness (QED) is 0.450. The van der Waals surface area contributed by atoms with Crippen LogP contribution in [0.3, 0.4) is 0 Å². The number of esters is 1. The third-order valence-corrected chi connectivity index (χ3v) is 6.03. The van der Waals surface area contributed by atoms with Crippen molar-refractivity contribution in [2.45, 2.75) is 57.8 Å². The topological polar surface area (TPSA) is 114 Å². The van der Waals surface area contributed by atoms with E-state index in [9.17, 15) is 19.5 Å². The molecule has 0 fully saturated rings. The van der Waals surface area contributed by atoms with Gasteiger partial charge in [0.1, 0.15) is 12.1 Å². The molecule has 1 amide bonds. The molecule has 2 aromatic rings. The maximum absolute atomic E-state index is 13.6. The van der Waals surface area contributed by atoms with Crippen molar-refractivity contribution in [3.63, 3.8) is 0 Å². The summed E-state index contributed by atoms with van der Waals surface area (Å²) in [6.07, 6.45) is -0.0591. The van der Waals surface area contributed by atoms with Gasteiger partial charge in [-0.3, -0.25) is 14.9 Å². The van der Waals surface area contributed by atoms with Crippen LogP contribution in [0.4, 0.5) is 0 Å². The van der Waals surface area contributed by atoms with Crippen LogP contribution in [0.1, 0.15) is 43.8 Å². The number of methoxy groups -OCH3 is 2. The second-order valence-corrected chi connectivity index (χ2v) is 8.34. The van der Waals surface area contributed by atoms with Crippen LogP contribution < -0.4 is 14.8 Å². The number of carboxylic acids is 1. The molecule has 0 aliphatic carbocycles. The number of amides is 1. The van der Waals surface area contributed by atoms with Crippen LogP contribution in [-0.4, -0.2) is 66.8 Å². The zero-order valence-electron chi connectivity index (χ0n) is 25.8. The van der Waals surface area contributed by atoms with Gasteiger partial charge in [0.2, 0.25) is 5.91 Å². The third-order valence-electron chi connectivity index (χ3n) is 6.03.